The number of likely N-dealkylation sites (N-methyl/N-ethyl adjacent to an activating group) is 1. The molecule has 0 amide bonds. The molecule has 98 valence electrons. The molecule has 2 heterocycles. The van der Waals surface area contributed by atoms with Crippen LogP contribution in [0.1, 0.15) is 23.2 Å². The Morgan fingerprint density at radius 1 is 1.56 bits per heavy atom. The molecule has 1 aromatic heterocycles. The maximum Gasteiger partial charge on any atom is 0.339 e. The Kier molecular flexibility index (Phi) is 3.76. The lowest BCUT2D eigenvalue weighted by Gasteiger charge is -2.36. The van der Waals surface area contributed by atoms with Crippen molar-refractivity contribution in [3.05, 3.63) is 17.8 Å². The number of hydrogen-bond acceptors (Lipinski definition) is 5. The predicted molar refractivity (Wildman–Crippen MR) is 67.9 cm³/mol. The number of carboxylic acid groups (broad SMARTS) is 1. The van der Waals surface area contributed by atoms with Gasteiger partial charge in [0.25, 0.3) is 0 Å². The number of carbonyl (C=O) groups is 1. The van der Waals surface area contributed by atoms with Crippen molar-refractivity contribution in [2.45, 2.75) is 18.9 Å². The van der Waals surface area contributed by atoms with Crippen LogP contribution in [-0.2, 0) is 0 Å². The molecular formula is C12H18N4O2. The number of hydrogen-bond donors (Lipinski definition) is 1. The molecule has 1 aliphatic rings. The Morgan fingerprint density at radius 3 is 3.00 bits per heavy atom. The van der Waals surface area contributed by atoms with Crippen molar-refractivity contribution in [3.63, 3.8) is 0 Å². The van der Waals surface area contributed by atoms with E-state index in [4.69, 9.17) is 5.11 Å². The monoisotopic (exact) mass is 250 g/mol. The number of carboxylic acids is 1. The third kappa shape index (κ3) is 2.59. The zero-order valence-corrected chi connectivity index (χ0v) is 10.7. The Labute approximate surface area is 106 Å². The van der Waals surface area contributed by atoms with Crippen LogP contribution in [0.3, 0.4) is 0 Å². The zero-order chi connectivity index (χ0) is 13.1. The molecule has 6 heteroatoms. The first kappa shape index (κ1) is 12.8. The van der Waals surface area contributed by atoms with Crippen LogP contribution in [0.25, 0.3) is 0 Å². The summed E-state index contributed by atoms with van der Waals surface area (Å²) in [4.78, 5) is 15.4. The van der Waals surface area contributed by atoms with E-state index in [1.807, 2.05) is 19.0 Å². The fraction of sp³-hybridized carbons (Fsp3) is 0.583. The van der Waals surface area contributed by atoms with Crippen molar-refractivity contribution < 1.29 is 9.90 Å². The highest BCUT2D eigenvalue weighted by atomic mass is 16.4. The minimum Gasteiger partial charge on any atom is -0.478 e. The Morgan fingerprint density at radius 2 is 2.33 bits per heavy atom. The quantitative estimate of drug-likeness (QED) is 0.852. The smallest absolute Gasteiger partial charge is 0.339 e. The Hall–Kier alpha value is -1.69. The summed E-state index contributed by atoms with van der Waals surface area (Å²) in [6.45, 7) is 1.63. The summed E-state index contributed by atoms with van der Waals surface area (Å²) >= 11 is 0. The molecule has 1 unspecified atom stereocenters. The maximum absolute atomic E-state index is 11.2. The van der Waals surface area contributed by atoms with E-state index in [-0.39, 0.29) is 5.56 Å². The van der Waals surface area contributed by atoms with Crippen LogP contribution in [0.15, 0.2) is 12.3 Å². The normalized spacial score (nSPS) is 20.2. The van der Waals surface area contributed by atoms with Gasteiger partial charge in [-0.1, -0.05) is 0 Å². The summed E-state index contributed by atoms with van der Waals surface area (Å²) in [6.07, 6.45) is 3.59. The van der Waals surface area contributed by atoms with Crippen LogP contribution in [-0.4, -0.2) is 59.4 Å². The third-order valence-electron chi connectivity index (χ3n) is 3.36. The van der Waals surface area contributed by atoms with Gasteiger partial charge in [0.05, 0.1) is 6.20 Å². The topological polar surface area (TPSA) is 69.6 Å². The van der Waals surface area contributed by atoms with Gasteiger partial charge >= 0.3 is 5.97 Å². The molecule has 1 aliphatic heterocycles. The fourth-order valence-electron chi connectivity index (χ4n) is 2.29. The summed E-state index contributed by atoms with van der Waals surface area (Å²) in [7, 11) is 4.09. The van der Waals surface area contributed by atoms with Crippen LogP contribution in [0.2, 0.25) is 0 Å². The van der Waals surface area contributed by atoms with Gasteiger partial charge in [-0.05, 0) is 33.0 Å². The minimum atomic E-state index is -0.952. The lowest BCUT2D eigenvalue weighted by Crippen LogP contribution is -2.46. The van der Waals surface area contributed by atoms with Crippen molar-refractivity contribution >= 4 is 11.8 Å². The van der Waals surface area contributed by atoms with Crippen LogP contribution >= 0.6 is 0 Å². The molecule has 18 heavy (non-hydrogen) atoms. The molecule has 0 spiro atoms. The average molecular weight is 250 g/mol. The molecular weight excluding hydrogens is 232 g/mol. The minimum absolute atomic E-state index is 0.226. The van der Waals surface area contributed by atoms with Gasteiger partial charge in [0.1, 0.15) is 5.56 Å². The zero-order valence-electron chi connectivity index (χ0n) is 10.7. The first-order valence-corrected chi connectivity index (χ1v) is 6.06. The molecule has 0 saturated carbocycles. The van der Waals surface area contributed by atoms with E-state index in [0.29, 0.717) is 11.9 Å². The molecule has 1 fully saturated rings. The van der Waals surface area contributed by atoms with Gasteiger partial charge in [0.2, 0.25) is 0 Å². The molecule has 2 rings (SSSR count). The summed E-state index contributed by atoms with van der Waals surface area (Å²) in [5, 5.41) is 17.0. The average Bonchev–Trinajstić information content (AvgIpc) is 2.39. The first-order valence-electron chi connectivity index (χ1n) is 6.06. The number of aromatic nitrogens is 2. The summed E-state index contributed by atoms with van der Waals surface area (Å²) in [5.74, 6) is -0.469. The van der Waals surface area contributed by atoms with Crippen molar-refractivity contribution in [2.75, 3.05) is 32.1 Å². The molecule has 1 N–H and O–H groups in total. The lowest BCUT2D eigenvalue weighted by molar-refractivity contribution is 0.0696. The van der Waals surface area contributed by atoms with E-state index in [9.17, 15) is 4.79 Å². The number of anilines is 1. The number of nitrogens with zero attached hydrogens (tertiary/aromatic N) is 4. The van der Waals surface area contributed by atoms with Crippen molar-refractivity contribution in [3.8, 4) is 0 Å². The van der Waals surface area contributed by atoms with E-state index in [2.05, 4.69) is 15.1 Å². The molecule has 0 aromatic carbocycles. The van der Waals surface area contributed by atoms with Gasteiger partial charge in [-0.2, -0.15) is 5.10 Å². The first-order chi connectivity index (χ1) is 8.59. The second kappa shape index (κ2) is 5.30. The summed E-state index contributed by atoms with van der Waals surface area (Å²) in [6, 6.07) is 1.94. The summed E-state index contributed by atoms with van der Waals surface area (Å²) in [5.41, 5.74) is 0.226. The van der Waals surface area contributed by atoms with Crippen LogP contribution < -0.4 is 4.90 Å². The van der Waals surface area contributed by atoms with Gasteiger partial charge < -0.3 is 14.9 Å². The number of aromatic carboxylic acids is 1. The SMILES string of the molecule is CN(C)C1CCCN(c2nnccc2C(=O)O)C1. The molecule has 1 atom stereocenters. The molecule has 0 aliphatic carbocycles. The number of piperidine rings is 1. The highest BCUT2D eigenvalue weighted by Crippen LogP contribution is 2.22. The van der Waals surface area contributed by atoms with Gasteiger partial charge in [-0.15, -0.1) is 5.10 Å². The van der Waals surface area contributed by atoms with Gasteiger partial charge in [0, 0.05) is 19.1 Å². The van der Waals surface area contributed by atoms with Crippen LogP contribution in [0, 0.1) is 0 Å². The van der Waals surface area contributed by atoms with Crippen LogP contribution in [0.5, 0.6) is 0 Å². The van der Waals surface area contributed by atoms with E-state index in [1.54, 1.807) is 0 Å². The Bertz CT molecular complexity index is 436. The summed E-state index contributed by atoms with van der Waals surface area (Å²) < 4.78 is 0. The second-order valence-electron chi connectivity index (χ2n) is 4.78. The molecule has 0 bridgehead atoms. The predicted octanol–water partition coefficient (Wildman–Crippen LogP) is 0.705. The maximum atomic E-state index is 11.2. The molecule has 1 aromatic rings. The highest BCUT2D eigenvalue weighted by Gasteiger charge is 2.25. The molecule has 6 nitrogen and oxygen atoms in total. The van der Waals surface area contributed by atoms with Crippen molar-refractivity contribution in [1.29, 1.82) is 0 Å². The largest absolute Gasteiger partial charge is 0.478 e. The third-order valence-corrected chi connectivity index (χ3v) is 3.36. The Balaban J connectivity index is 2.23. The highest BCUT2D eigenvalue weighted by molar-refractivity contribution is 5.93. The number of rotatable bonds is 3. The second-order valence-corrected chi connectivity index (χ2v) is 4.78. The van der Waals surface area contributed by atoms with Crippen molar-refractivity contribution in [1.82, 2.24) is 15.1 Å². The standard InChI is InChI=1S/C12H18N4O2/c1-15(2)9-4-3-7-16(8-9)11-10(12(17)18)5-6-13-14-11/h5-6,9H,3-4,7-8H2,1-2H3,(H,17,18). The fourth-order valence-corrected chi connectivity index (χ4v) is 2.29. The van der Waals surface area contributed by atoms with E-state index < -0.39 is 5.97 Å². The van der Waals surface area contributed by atoms with E-state index in [1.165, 1.54) is 12.3 Å². The van der Waals surface area contributed by atoms with E-state index >= 15 is 0 Å². The van der Waals surface area contributed by atoms with Gasteiger partial charge in [-0.25, -0.2) is 4.79 Å². The lowest BCUT2D eigenvalue weighted by atomic mass is 10.0. The van der Waals surface area contributed by atoms with Gasteiger partial charge in [-0.3, -0.25) is 0 Å². The van der Waals surface area contributed by atoms with Crippen LogP contribution in [0.4, 0.5) is 5.82 Å². The molecule has 1 saturated heterocycles. The molecule has 0 radical (unpaired) electrons. The van der Waals surface area contributed by atoms with E-state index in [0.717, 1.165) is 25.9 Å². The van der Waals surface area contributed by atoms with Gasteiger partial charge in [0.15, 0.2) is 5.82 Å². The van der Waals surface area contributed by atoms with Crippen molar-refractivity contribution in [2.24, 2.45) is 0 Å².